The molecule has 0 saturated carbocycles. The predicted octanol–water partition coefficient (Wildman–Crippen LogP) is -1.04. The summed E-state index contributed by atoms with van der Waals surface area (Å²) in [7, 11) is 0. The molecule has 0 aliphatic heterocycles. The van der Waals surface area contributed by atoms with Crippen molar-refractivity contribution in [1.82, 2.24) is 0 Å². The van der Waals surface area contributed by atoms with Crippen molar-refractivity contribution in [1.29, 1.82) is 0 Å². The first kappa shape index (κ1) is 17.5. The third kappa shape index (κ3) is 9.48. The van der Waals surface area contributed by atoms with E-state index in [-0.39, 0.29) is 41.0 Å². The van der Waals surface area contributed by atoms with E-state index in [0.717, 1.165) is 0 Å². The summed E-state index contributed by atoms with van der Waals surface area (Å²) in [6.45, 7) is 0. The van der Waals surface area contributed by atoms with Crippen molar-refractivity contribution in [3.8, 4) is 0 Å². The van der Waals surface area contributed by atoms with E-state index in [1.165, 1.54) is 0 Å². The fourth-order valence-corrected chi connectivity index (χ4v) is 0. The summed E-state index contributed by atoms with van der Waals surface area (Å²) in [6.07, 6.45) is 0. The molecular weight excluding hydrogens is 248 g/mol. The average molecular weight is 250 g/mol. The Kier molecular flexibility index (Phi) is 101. The molecule has 0 atom stereocenters. The monoisotopic (exact) mass is 251 g/mol. The van der Waals surface area contributed by atoms with Crippen molar-refractivity contribution < 1.29 is 36.4 Å². The Morgan fingerprint density at radius 1 is 1.25 bits per heavy atom. The van der Waals surface area contributed by atoms with Crippen molar-refractivity contribution in [2.75, 3.05) is 0 Å². The van der Waals surface area contributed by atoms with Crippen molar-refractivity contribution in [2.24, 2.45) is 0 Å². The van der Waals surface area contributed by atoms with E-state index in [1.807, 2.05) is 0 Å². The van der Waals surface area contributed by atoms with Crippen LogP contribution < -0.4 is 0 Å². The van der Waals surface area contributed by atoms with Gasteiger partial charge in [-0.3, -0.25) is 0 Å². The van der Waals surface area contributed by atoms with Gasteiger partial charge in [0.2, 0.25) is 0 Å². The van der Waals surface area contributed by atoms with Crippen LogP contribution in [0.25, 0.3) is 0 Å². The zero-order valence-corrected chi connectivity index (χ0v) is 8.01. The Hall–Kier alpha value is 1.61. The molecule has 0 aromatic rings. The van der Waals surface area contributed by atoms with E-state index in [1.54, 1.807) is 0 Å². The van der Waals surface area contributed by atoms with Gasteiger partial charge in [-0.15, -0.1) is 0 Å². The molecule has 0 aliphatic carbocycles. The van der Waals surface area contributed by atoms with Gasteiger partial charge in [0.25, 0.3) is 0 Å². The Morgan fingerprint density at radius 2 is 1.25 bits per heavy atom. The SMILES string of the molecule is [Mn].[O]=[Ni].[SnH2]. The van der Waals surface area contributed by atoms with Gasteiger partial charge >= 0.3 is 43.2 Å². The summed E-state index contributed by atoms with van der Waals surface area (Å²) in [4.78, 5) is 0. The molecule has 0 aliphatic rings. The molecule has 0 fully saturated rings. The van der Waals surface area contributed by atoms with Crippen molar-refractivity contribution >= 4 is 23.9 Å². The standard InChI is InChI=1S/Mn.Ni.O.Sn.2H. The van der Waals surface area contributed by atoms with Crippen LogP contribution in [-0.4, -0.2) is 23.9 Å². The Balaban J connectivity index is -0.00000000500. The minimum absolute atomic E-state index is 0. The molecule has 0 heterocycles. The van der Waals surface area contributed by atoms with E-state index in [4.69, 9.17) is 3.90 Å². The molecule has 0 N–H and O–H groups in total. The zero-order valence-electron chi connectivity index (χ0n) is 1.81. The van der Waals surface area contributed by atoms with Crippen molar-refractivity contribution in [3.05, 3.63) is 0 Å². The van der Waals surface area contributed by atoms with Gasteiger partial charge < -0.3 is 0 Å². The van der Waals surface area contributed by atoms with E-state index >= 15 is 0 Å². The molecule has 1 nitrogen and oxygen atoms in total. The van der Waals surface area contributed by atoms with Crippen LogP contribution in [0.4, 0.5) is 0 Å². The Morgan fingerprint density at radius 3 is 1.25 bits per heavy atom. The zero-order chi connectivity index (χ0) is 2.00. The van der Waals surface area contributed by atoms with Crippen LogP contribution in [-0.2, 0) is 36.4 Å². The van der Waals surface area contributed by atoms with E-state index in [2.05, 4.69) is 15.4 Å². The third-order valence-electron chi connectivity index (χ3n) is 0. The average Bonchev–Trinajstić information content (AvgIpc) is 1.00. The van der Waals surface area contributed by atoms with Crippen LogP contribution in [0.3, 0.4) is 0 Å². The molecular formula is H2MnNiOSn. The Bertz CT molecular complexity index is 8.00. The van der Waals surface area contributed by atoms with Crippen LogP contribution in [0.1, 0.15) is 0 Å². The molecule has 0 unspecified atom stereocenters. The van der Waals surface area contributed by atoms with Crippen LogP contribution >= 0.6 is 0 Å². The molecule has 0 saturated heterocycles. The summed E-state index contributed by atoms with van der Waals surface area (Å²) in [6, 6.07) is 0. The maximum atomic E-state index is 7.88. The molecule has 0 amide bonds. The van der Waals surface area contributed by atoms with Gasteiger partial charge in [-0.05, 0) is 0 Å². The fraction of sp³-hybridized carbons (Fsp3) is 0. The molecule has 4 heavy (non-hydrogen) atoms. The summed E-state index contributed by atoms with van der Waals surface area (Å²) in [5.41, 5.74) is 0. The second-order valence-electron chi connectivity index (χ2n) is 0. The molecule has 0 rings (SSSR count). The first-order valence-electron chi connectivity index (χ1n) is 0.129. The van der Waals surface area contributed by atoms with Crippen molar-refractivity contribution in [3.63, 3.8) is 0 Å². The van der Waals surface area contributed by atoms with Crippen LogP contribution in [0.5, 0.6) is 0 Å². The molecule has 29 valence electrons. The first-order chi connectivity index (χ1) is 1.00. The van der Waals surface area contributed by atoms with Gasteiger partial charge in [-0.1, -0.05) is 0 Å². The van der Waals surface area contributed by atoms with Gasteiger partial charge in [-0.25, -0.2) is 0 Å². The van der Waals surface area contributed by atoms with E-state index in [9.17, 15) is 0 Å². The van der Waals surface area contributed by atoms with Crippen molar-refractivity contribution in [2.45, 2.75) is 0 Å². The fourth-order valence-electron chi connectivity index (χ4n) is 0. The minimum atomic E-state index is 0. The second kappa shape index (κ2) is 23.2. The predicted molar refractivity (Wildman–Crippen MR) is 9.23 cm³/mol. The first-order valence-corrected chi connectivity index (χ1v) is 0.532. The number of hydrogen-bond donors (Lipinski definition) is 0. The second-order valence-corrected chi connectivity index (χ2v) is 0. The van der Waals surface area contributed by atoms with Gasteiger partial charge in [0, 0.05) is 17.1 Å². The molecule has 0 spiro atoms. The van der Waals surface area contributed by atoms with Gasteiger partial charge in [0.15, 0.2) is 0 Å². The van der Waals surface area contributed by atoms with Gasteiger partial charge in [-0.2, -0.15) is 0 Å². The molecule has 4 heteroatoms. The Labute approximate surface area is 59.9 Å². The van der Waals surface area contributed by atoms with Crippen LogP contribution in [0.15, 0.2) is 0 Å². The molecule has 0 bridgehead atoms. The summed E-state index contributed by atoms with van der Waals surface area (Å²) < 4.78 is 7.88. The third-order valence-corrected chi connectivity index (χ3v) is 0. The van der Waals surface area contributed by atoms with Crippen LogP contribution in [0.2, 0.25) is 0 Å². The summed E-state index contributed by atoms with van der Waals surface area (Å²) >= 11 is 2.62. The van der Waals surface area contributed by atoms with E-state index in [0.29, 0.717) is 0 Å². The van der Waals surface area contributed by atoms with Crippen LogP contribution in [0, 0.1) is 0 Å². The maximum absolute atomic E-state index is 7.88. The number of hydrogen-bond acceptors (Lipinski definition) is 1. The van der Waals surface area contributed by atoms with Gasteiger partial charge in [0.05, 0.1) is 0 Å². The normalized spacial score (nSPS) is 1.50. The quantitative estimate of drug-likeness (QED) is 0.502. The van der Waals surface area contributed by atoms with E-state index < -0.39 is 0 Å². The number of rotatable bonds is 0. The van der Waals surface area contributed by atoms with Gasteiger partial charge in [0.1, 0.15) is 0 Å². The molecule has 0 aromatic carbocycles. The molecule has 0 aromatic heterocycles. The molecule has 3 radical (unpaired) electrons. The summed E-state index contributed by atoms with van der Waals surface area (Å²) in [5, 5.41) is 0. The summed E-state index contributed by atoms with van der Waals surface area (Å²) in [5.74, 6) is 0. The topological polar surface area (TPSA) is 17.1 Å².